The largest absolute Gasteiger partial charge is 0.430 e. The summed E-state index contributed by atoms with van der Waals surface area (Å²) in [5.41, 5.74) is 3.03. The minimum absolute atomic E-state index is 0.00976. The highest BCUT2D eigenvalue weighted by atomic mass is 35.5. The van der Waals surface area contributed by atoms with E-state index >= 15 is 0 Å². The van der Waals surface area contributed by atoms with Gasteiger partial charge in [-0.15, -0.1) is 0 Å². The van der Waals surface area contributed by atoms with Crippen LogP contribution in [0.4, 0.5) is 13.2 Å². The third-order valence-corrected chi connectivity index (χ3v) is 6.70. The number of carbonyl (C=O) groups excluding carboxylic acids is 1. The first-order valence-electron chi connectivity index (χ1n) is 8.75. The number of rotatable bonds is 6. The molecular weight excluding hydrogens is 431 g/mol. The Kier molecular flexibility index (Phi) is 7.34. The molecule has 0 aliphatic carbocycles. The number of allylic oxidation sites excluding steroid dienone is 1. The van der Waals surface area contributed by atoms with Crippen LogP contribution in [0.5, 0.6) is 0 Å². The summed E-state index contributed by atoms with van der Waals surface area (Å²) in [6.45, 7) is 0.0750. The molecule has 3 N–H and O–H groups in total. The van der Waals surface area contributed by atoms with Gasteiger partial charge in [-0.25, -0.2) is 8.42 Å². The maximum atomic E-state index is 12.7. The van der Waals surface area contributed by atoms with E-state index in [1.54, 1.807) is 24.3 Å². The lowest BCUT2D eigenvalue weighted by atomic mass is 10.0. The van der Waals surface area contributed by atoms with E-state index in [0.29, 0.717) is 23.4 Å². The van der Waals surface area contributed by atoms with E-state index in [0.717, 1.165) is 0 Å². The van der Waals surface area contributed by atoms with Gasteiger partial charge >= 0.3 is 6.18 Å². The number of alkyl halides is 3. The summed E-state index contributed by atoms with van der Waals surface area (Å²) in [6, 6.07) is 6.67. The Labute approximate surface area is 171 Å². The molecule has 29 heavy (non-hydrogen) atoms. The third-order valence-electron chi connectivity index (χ3n) is 4.62. The molecule has 1 heterocycles. The molecule has 1 fully saturated rings. The molecule has 0 radical (unpaired) electrons. The summed E-state index contributed by atoms with van der Waals surface area (Å²) in [5.74, 6) is -1.11. The summed E-state index contributed by atoms with van der Waals surface area (Å²) in [5, 5.41) is 8.13. The van der Waals surface area contributed by atoms with Crippen molar-refractivity contribution in [1.82, 2.24) is 4.90 Å². The molecule has 0 unspecified atom stereocenters. The predicted molar refractivity (Wildman–Crippen MR) is 104 cm³/mol. The second-order valence-electron chi connectivity index (χ2n) is 6.88. The lowest BCUT2D eigenvalue weighted by Crippen LogP contribution is -2.41. The summed E-state index contributed by atoms with van der Waals surface area (Å²) < 4.78 is 61.1. The first kappa shape index (κ1) is 23.2. The highest BCUT2D eigenvalue weighted by Gasteiger charge is 2.33. The molecule has 160 valence electrons. The molecule has 0 spiro atoms. The molecular formula is C18H21ClF3N3O3S. The van der Waals surface area contributed by atoms with E-state index in [1.165, 1.54) is 4.90 Å². The van der Waals surface area contributed by atoms with Gasteiger partial charge in [0.15, 0.2) is 0 Å². The number of benzene rings is 1. The maximum Gasteiger partial charge on any atom is 0.430 e. The predicted octanol–water partition coefficient (Wildman–Crippen LogP) is 2.92. The number of carbonyl (C=O) groups is 1. The van der Waals surface area contributed by atoms with Crippen molar-refractivity contribution in [1.29, 1.82) is 5.41 Å². The van der Waals surface area contributed by atoms with Gasteiger partial charge in [0.25, 0.3) is 5.91 Å². The fourth-order valence-corrected chi connectivity index (χ4v) is 4.74. The van der Waals surface area contributed by atoms with Gasteiger partial charge in [-0.05, 0) is 36.5 Å². The van der Waals surface area contributed by atoms with Gasteiger partial charge in [0.2, 0.25) is 0 Å². The highest BCUT2D eigenvalue weighted by molar-refractivity contribution is 7.91. The average molecular weight is 452 g/mol. The smallest absolute Gasteiger partial charge is 0.395 e. The minimum atomic E-state index is -4.85. The number of nitrogens with two attached hydrogens (primary N) is 1. The van der Waals surface area contributed by atoms with Crippen LogP contribution in [0.25, 0.3) is 0 Å². The van der Waals surface area contributed by atoms with Crippen molar-refractivity contribution in [3.63, 3.8) is 0 Å². The second kappa shape index (κ2) is 9.17. The molecule has 2 rings (SSSR count). The van der Waals surface area contributed by atoms with Crippen LogP contribution in [0.15, 0.2) is 36.0 Å². The van der Waals surface area contributed by atoms with Crippen molar-refractivity contribution in [2.75, 3.05) is 18.1 Å². The summed E-state index contributed by atoms with van der Waals surface area (Å²) >= 11 is 6.13. The quantitative estimate of drug-likeness (QED) is 0.649. The molecule has 11 heteroatoms. The van der Waals surface area contributed by atoms with Gasteiger partial charge in [0.05, 0.1) is 11.5 Å². The third kappa shape index (κ3) is 6.74. The summed E-state index contributed by atoms with van der Waals surface area (Å²) in [4.78, 5) is 13.9. The normalized spacial score (nSPS) is 17.7. The van der Waals surface area contributed by atoms with Crippen molar-refractivity contribution in [3.05, 3.63) is 46.6 Å². The van der Waals surface area contributed by atoms with Gasteiger partial charge in [0.1, 0.15) is 21.2 Å². The molecule has 0 atom stereocenters. The van der Waals surface area contributed by atoms with Gasteiger partial charge in [-0.1, -0.05) is 29.8 Å². The molecule has 0 saturated carbocycles. The zero-order chi connectivity index (χ0) is 21.8. The fourth-order valence-electron chi connectivity index (χ4n) is 2.95. The van der Waals surface area contributed by atoms with Gasteiger partial charge < -0.3 is 10.6 Å². The molecule has 1 aliphatic rings. The van der Waals surface area contributed by atoms with Crippen LogP contribution in [-0.4, -0.2) is 49.2 Å². The minimum Gasteiger partial charge on any atom is -0.395 e. The Balaban J connectivity index is 2.23. The molecule has 0 aromatic heterocycles. The Hall–Kier alpha value is -2.07. The number of nitrogens with zero attached hydrogens (tertiary/aromatic N) is 1. The van der Waals surface area contributed by atoms with E-state index in [-0.39, 0.29) is 36.6 Å². The van der Waals surface area contributed by atoms with E-state index in [9.17, 15) is 26.4 Å². The number of halogens is 4. The van der Waals surface area contributed by atoms with Crippen LogP contribution >= 0.6 is 11.6 Å². The number of hydrogen-bond acceptors (Lipinski definition) is 5. The van der Waals surface area contributed by atoms with E-state index in [1.807, 2.05) is 0 Å². The Morgan fingerprint density at radius 3 is 2.41 bits per heavy atom. The number of nitrogens with one attached hydrogen (secondary N) is 1. The Morgan fingerprint density at radius 1 is 1.28 bits per heavy atom. The maximum absolute atomic E-state index is 12.7. The van der Waals surface area contributed by atoms with Crippen molar-refractivity contribution in [2.24, 2.45) is 11.7 Å². The van der Waals surface area contributed by atoms with Crippen molar-refractivity contribution in [3.8, 4) is 0 Å². The zero-order valence-electron chi connectivity index (χ0n) is 15.4. The lowest BCUT2D eigenvalue weighted by molar-refractivity contribution is -0.125. The topological polar surface area (TPSA) is 104 Å². The number of hydrogen-bond donors (Lipinski definition) is 2. The van der Waals surface area contributed by atoms with Crippen LogP contribution in [0, 0.1) is 11.3 Å². The molecule has 1 aliphatic heterocycles. The van der Waals surface area contributed by atoms with Crippen LogP contribution in [0.3, 0.4) is 0 Å². The average Bonchev–Trinajstić information content (AvgIpc) is 2.63. The molecule has 6 nitrogen and oxygen atoms in total. The van der Waals surface area contributed by atoms with Gasteiger partial charge in [-0.2, -0.15) is 13.2 Å². The SMILES string of the molecule is N=C(C=C(N)C(F)(F)F)C(=O)N(Cc1ccccc1Cl)CC1CCS(=O)(=O)CC1. The molecule has 1 amide bonds. The van der Waals surface area contributed by atoms with E-state index < -0.39 is 33.3 Å². The van der Waals surface area contributed by atoms with Crippen LogP contribution in [-0.2, 0) is 21.2 Å². The van der Waals surface area contributed by atoms with Crippen LogP contribution in [0.1, 0.15) is 18.4 Å². The van der Waals surface area contributed by atoms with Crippen LogP contribution < -0.4 is 5.73 Å². The first-order valence-corrected chi connectivity index (χ1v) is 10.9. The number of amides is 1. The summed E-state index contributed by atoms with van der Waals surface area (Å²) in [6.07, 6.45) is -3.89. The monoisotopic (exact) mass is 451 g/mol. The molecule has 1 aromatic carbocycles. The van der Waals surface area contributed by atoms with E-state index in [4.69, 9.17) is 22.7 Å². The zero-order valence-corrected chi connectivity index (χ0v) is 16.9. The van der Waals surface area contributed by atoms with E-state index in [2.05, 4.69) is 0 Å². The van der Waals surface area contributed by atoms with Crippen molar-refractivity contribution < 1.29 is 26.4 Å². The summed E-state index contributed by atoms with van der Waals surface area (Å²) in [7, 11) is -3.10. The lowest BCUT2D eigenvalue weighted by Gasteiger charge is -2.30. The molecule has 1 saturated heterocycles. The van der Waals surface area contributed by atoms with Gasteiger partial charge in [-0.3, -0.25) is 10.2 Å². The van der Waals surface area contributed by atoms with Gasteiger partial charge in [0, 0.05) is 18.1 Å². The standard InChI is InChI=1S/C18H21ClF3N3O3S/c19-14-4-2-1-3-13(14)11-25(10-12-5-7-29(27,28)8-6-12)17(26)15(23)9-16(24)18(20,21)22/h1-4,9,12,23H,5-8,10-11,24H2. The Morgan fingerprint density at radius 2 is 1.86 bits per heavy atom. The number of sulfone groups is 1. The fraction of sp³-hybridized carbons (Fsp3) is 0.444. The van der Waals surface area contributed by atoms with Crippen LogP contribution in [0.2, 0.25) is 5.02 Å². The molecule has 0 bridgehead atoms. The first-order chi connectivity index (χ1) is 13.4. The molecule has 1 aromatic rings. The highest BCUT2D eigenvalue weighted by Crippen LogP contribution is 2.24. The second-order valence-corrected chi connectivity index (χ2v) is 9.59. The van der Waals surface area contributed by atoms with Crippen molar-refractivity contribution in [2.45, 2.75) is 25.6 Å². The Bertz CT molecular complexity index is 902. The van der Waals surface area contributed by atoms with Crippen molar-refractivity contribution >= 4 is 33.1 Å².